The summed E-state index contributed by atoms with van der Waals surface area (Å²) in [6.45, 7) is 2.39. The topological polar surface area (TPSA) is 55.8 Å². The van der Waals surface area contributed by atoms with Crippen molar-refractivity contribution in [3.63, 3.8) is 0 Å². The van der Waals surface area contributed by atoms with E-state index < -0.39 is 5.97 Å². The van der Waals surface area contributed by atoms with Crippen molar-refractivity contribution in [3.05, 3.63) is 61.8 Å². The lowest BCUT2D eigenvalue weighted by atomic mass is 10.2. The molecule has 1 fully saturated rings. The van der Waals surface area contributed by atoms with Crippen LogP contribution in [0.15, 0.2) is 41.3 Å². The number of ether oxygens (including phenoxy) is 2. The predicted octanol–water partition coefficient (Wildman–Crippen LogP) is 6.66. The molecule has 2 aromatic carbocycles. The molecular formula is C22H15Cl2NO4S3. The second-order valence-electron chi connectivity index (χ2n) is 6.58. The van der Waals surface area contributed by atoms with E-state index in [2.05, 4.69) is 0 Å². The van der Waals surface area contributed by atoms with Gasteiger partial charge in [-0.25, -0.2) is 4.79 Å². The number of thioether (sulfide) groups is 1. The third kappa shape index (κ3) is 4.25. The van der Waals surface area contributed by atoms with Crippen LogP contribution in [0.3, 0.4) is 0 Å². The highest BCUT2D eigenvalue weighted by molar-refractivity contribution is 8.26. The van der Waals surface area contributed by atoms with E-state index in [1.165, 1.54) is 30.2 Å². The average Bonchev–Trinajstić information content (AvgIpc) is 3.25. The van der Waals surface area contributed by atoms with Crippen molar-refractivity contribution in [2.75, 3.05) is 13.7 Å². The molecule has 0 aliphatic carbocycles. The first-order valence-corrected chi connectivity index (χ1v) is 12.2. The number of amides is 1. The van der Waals surface area contributed by atoms with E-state index in [0.29, 0.717) is 37.5 Å². The summed E-state index contributed by atoms with van der Waals surface area (Å²) in [6.07, 6.45) is 1.73. The molecule has 0 unspecified atom stereocenters. The molecular weight excluding hydrogens is 509 g/mol. The molecule has 3 aromatic rings. The molecule has 0 saturated carbocycles. The summed E-state index contributed by atoms with van der Waals surface area (Å²) < 4.78 is 12.3. The van der Waals surface area contributed by atoms with Crippen molar-refractivity contribution >= 4 is 90.9 Å². The molecule has 1 saturated heterocycles. The molecule has 1 aromatic heterocycles. The summed E-state index contributed by atoms with van der Waals surface area (Å²) in [6, 6.07) is 10.4. The number of carbonyl (C=O) groups is 2. The van der Waals surface area contributed by atoms with E-state index >= 15 is 0 Å². The third-order valence-corrected chi connectivity index (χ3v) is 7.99. The van der Waals surface area contributed by atoms with Crippen molar-refractivity contribution < 1.29 is 19.1 Å². The molecule has 0 N–H and O–H groups in total. The Hall–Kier alpha value is -2.10. The Labute approximate surface area is 207 Å². The van der Waals surface area contributed by atoms with Crippen molar-refractivity contribution in [3.8, 4) is 11.5 Å². The van der Waals surface area contributed by atoms with Crippen LogP contribution in [0.5, 0.6) is 11.5 Å². The summed E-state index contributed by atoms with van der Waals surface area (Å²) in [7, 11) is 1.47. The van der Waals surface area contributed by atoms with Gasteiger partial charge in [-0.3, -0.25) is 9.69 Å². The number of fused-ring (bicyclic) bond motifs is 1. The Morgan fingerprint density at radius 2 is 2.00 bits per heavy atom. The minimum Gasteiger partial charge on any atom is -0.493 e. The van der Waals surface area contributed by atoms with E-state index in [1.807, 2.05) is 13.0 Å². The molecule has 10 heteroatoms. The monoisotopic (exact) mass is 523 g/mol. The SMILES string of the molecule is CCN1C(=O)/C(=C/c2ccc(OC(=O)c3sc4cccc(Cl)c4c3Cl)c(OC)c2)SC1=S. The quantitative estimate of drug-likeness (QED) is 0.161. The summed E-state index contributed by atoms with van der Waals surface area (Å²) >= 11 is 20.3. The first-order chi connectivity index (χ1) is 15.3. The zero-order valence-corrected chi connectivity index (χ0v) is 20.8. The maximum absolute atomic E-state index is 12.8. The number of rotatable bonds is 5. The maximum atomic E-state index is 12.8. The van der Waals surface area contributed by atoms with Gasteiger partial charge in [0.25, 0.3) is 5.91 Å². The first kappa shape index (κ1) is 23.1. The third-order valence-electron chi connectivity index (χ3n) is 4.67. The molecule has 1 aliphatic rings. The van der Waals surface area contributed by atoms with Gasteiger partial charge in [0.05, 0.1) is 22.1 Å². The van der Waals surface area contributed by atoms with E-state index in [4.69, 9.17) is 44.9 Å². The van der Waals surface area contributed by atoms with Crippen LogP contribution in [0.2, 0.25) is 10.0 Å². The maximum Gasteiger partial charge on any atom is 0.355 e. The van der Waals surface area contributed by atoms with E-state index in [1.54, 1.807) is 41.3 Å². The van der Waals surface area contributed by atoms with Crippen LogP contribution >= 0.6 is 58.5 Å². The highest BCUT2D eigenvalue weighted by Crippen LogP contribution is 2.40. The minimum atomic E-state index is -0.609. The van der Waals surface area contributed by atoms with Gasteiger partial charge in [-0.2, -0.15) is 0 Å². The molecule has 0 bridgehead atoms. The fraction of sp³-hybridized carbons (Fsp3) is 0.136. The zero-order chi connectivity index (χ0) is 23.0. The molecule has 0 atom stereocenters. The number of nitrogens with zero attached hydrogens (tertiary/aromatic N) is 1. The second-order valence-corrected chi connectivity index (χ2v) is 10.1. The van der Waals surface area contributed by atoms with Crippen LogP contribution in [0.25, 0.3) is 16.2 Å². The van der Waals surface area contributed by atoms with Crippen molar-refractivity contribution in [1.82, 2.24) is 4.90 Å². The number of hydrogen-bond acceptors (Lipinski definition) is 7. The molecule has 1 amide bonds. The van der Waals surface area contributed by atoms with Crippen LogP contribution in [0.1, 0.15) is 22.2 Å². The van der Waals surface area contributed by atoms with Crippen molar-refractivity contribution in [2.45, 2.75) is 6.92 Å². The number of thiocarbonyl (C=S) groups is 1. The second kappa shape index (κ2) is 9.41. The number of esters is 1. The highest BCUT2D eigenvalue weighted by atomic mass is 35.5. The van der Waals surface area contributed by atoms with Crippen LogP contribution in [0.4, 0.5) is 0 Å². The van der Waals surface area contributed by atoms with Gasteiger partial charge in [0.2, 0.25) is 0 Å². The number of thiophene rings is 1. The Morgan fingerprint density at radius 3 is 2.66 bits per heavy atom. The lowest BCUT2D eigenvalue weighted by molar-refractivity contribution is -0.121. The van der Waals surface area contributed by atoms with Crippen LogP contribution in [-0.2, 0) is 4.79 Å². The van der Waals surface area contributed by atoms with E-state index in [-0.39, 0.29) is 21.6 Å². The van der Waals surface area contributed by atoms with E-state index in [9.17, 15) is 9.59 Å². The zero-order valence-electron chi connectivity index (χ0n) is 16.8. The van der Waals surface area contributed by atoms with Crippen LogP contribution < -0.4 is 9.47 Å². The smallest absolute Gasteiger partial charge is 0.355 e. The normalized spacial score (nSPS) is 15.1. The fourth-order valence-electron chi connectivity index (χ4n) is 3.13. The van der Waals surface area contributed by atoms with Gasteiger partial charge in [-0.15, -0.1) is 11.3 Å². The number of methoxy groups -OCH3 is 1. The van der Waals surface area contributed by atoms with Crippen molar-refractivity contribution in [1.29, 1.82) is 0 Å². The average molecular weight is 524 g/mol. The summed E-state index contributed by atoms with van der Waals surface area (Å²) in [5.74, 6) is -0.166. The predicted molar refractivity (Wildman–Crippen MR) is 135 cm³/mol. The Kier molecular flexibility index (Phi) is 6.78. The van der Waals surface area contributed by atoms with E-state index in [0.717, 1.165) is 4.70 Å². The summed E-state index contributed by atoms with van der Waals surface area (Å²) in [5.41, 5.74) is 0.713. The molecule has 4 rings (SSSR count). The van der Waals surface area contributed by atoms with Gasteiger partial charge in [0, 0.05) is 16.6 Å². The summed E-state index contributed by atoms with van der Waals surface area (Å²) in [5, 5.41) is 1.35. The number of carbonyl (C=O) groups excluding carboxylic acids is 2. The molecule has 0 spiro atoms. The van der Waals surface area contributed by atoms with Gasteiger partial charge in [-0.1, -0.05) is 59.3 Å². The van der Waals surface area contributed by atoms with Gasteiger partial charge < -0.3 is 9.47 Å². The Morgan fingerprint density at radius 1 is 1.22 bits per heavy atom. The number of benzene rings is 2. The molecule has 5 nitrogen and oxygen atoms in total. The van der Waals surface area contributed by atoms with Crippen LogP contribution in [-0.4, -0.2) is 34.8 Å². The van der Waals surface area contributed by atoms with Crippen molar-refractivity contribution in [2.24, 2.45) is 0 Å². The molecule has 164 valence electrons. The number of hydrogen-bond donors (Lipinski definition) is 0. The number of halogens is 2. The lowest BCUT2D eigenvalue weighted by Gasteiger charge is -2.10. The van der Waals surface area contributed by atoms with Gasteiger partial charge in [0.1, 0.15) is 9.20 Å². The molecule has 32 heavy (non-hydrogen) atoms. The van der Waals surface area contributed by atoms with Gasteiger partial charge in [0.15, 0.2) is 11.5 Å². The highest BCUT2D eigenvalue weighted by Gasteiger charge is 2.30. The van der Waals surface area contributed by atoms with Gasteiger partial charge >= 0.3 is 5.97 Å². The molecule has 2 heterocycles. The van der Waals surface area contributed by atoms with Gasteiger partial charge in [-0.05, 0) is 42.8 Å². The first-order valence-electron chi connectivity index (χ1n) is 9.36. The Balaban J connectivity index is 1.61. The fourth-order valence-corrected chi connectivity index (χ4v) is 6.34. The Bertz CT molecular complexity index is 1300. The lowest BCUT2D eigenvalue weighted by Crippen LogP contribution is -2.27. The van der Waals surface area contributed by atoms with Crippen LogP contribution in [0, 0.1) is 0 Å². The molecule has 1 aliphatic heterocycles. The number of likely N-dealkylation sites (N-methyl/N-ethyl adjacent to an activating group) is 1. The minimum absolute atomic E-state index is 0.130. The standard InChI is InChI=1S/C22H15Cl2NO4S3/c1-3-25-20(26)16(32-22(25)30)10-11-7-8-13(14(9-11)28-2)29-21(27)19-18(24)17-12(23)5-4-6-15(17)31-19/h4-10H,3H2,1-2H3/b16-10-. The summed E-state index contributed by atoms with van der Waals surface area (Å²) in [4.78, 5) is 27.6. The molecule has 0 radical (unpaired) electrons. The largest absolute Gasteiger partial charge is 0.493 e.